The maximum atomic E-state index is 14.0. The molecule has 0 fully saturated rings. The maximum absolute atomic E-state index is 14.0. The maximum Gasteiger partial charge on any atom is 0.337 e. The molecule has 0 amide bonds. The van der Waals surface area contributed by atoms with Crippen molar-refractivity contribution in [3.8, 4) is 0 Å². The first-order chi connectivity index (χ1) is 9.81. The largest absolute Gasteiger partial charge is 0.478 e. The summed E-state index contributed by atoms with van der Waals surface area (Å²) in [4.78, 5) is 15.2. The standard InChI is InChI=1S/C13H10BClF2N2O2/c1-5-2-6(14)4-18-12(5)19-11-7(13(20)21)3-8(15)9(16)10(11)17/h2-4H,14H2,1H3,(H,18,19)(H,20,21). The number of anilines is 2. The van der Waals surface area contributed by atoms with Crippen LogP contribution in [0.25, 0.3) is 0 Å². The molecule has 0 aliphatic carbocycles. The lowest BCUT2D eigenvalue weighted by Crippen LogP contribution is -2.11. The molecule has 0 aliphatic heterocycles. The quantitative estimate of drug-likeness (QED) is 0.672. The Bertz CT molecular complexity index is 741. The number of aromatic nitrogens is 1. The summed E-state index contributed by atoms with van der Waals surface area (Å²) in [6.45, 7) is 1.72. The minimum absolute atomic E-state index is 0.240. The Morgan fingerprint density at radius 2 is 2.05 bits per heavy atom. The second kappa shape index (κ2) is 5.69. The van der Waals surface area contributed by atoms with Crippen molar-refractivity contribution in [3.63, 3.8) is 0 Å². The molecule has 2 rings (SSSR count). The van der Waals surface area contributed by atoms with Crippen molar-refractivity contribution in [2.75, 3.05) is 5.32 Å². The van der Waals surface area contributed by atoms with Crippen molar-refractivity contribution in [3.05, 3.63) is 46.1 Å². The topological polar surface area (TPSA) is 62.2 Å². The smallest absolute Gasteiger partial charge is 0.337 e. The van der Waals surface area contributed by atoms with Gasteiger partial charge in [0.05, 0.1) is 16.3 Å². The average molecular weight is 310 g/mol. The van der Waals surface area contributed by atoms with Crippen LogP contribution in [0.5, 0.6) is 0 Å². The van der Waals surface area contributed by atoms with E-state index < -0.39 is 33.9 Å². The van der Waals surface area contributed by atoms with E-state index >= 15 is 0 Å². The fourth-order valence-corrected chi connectivity index (χ4v) is 2.04. The molecule has 2 N–H and O–H groups in total. The highest BCUT2D eigenvalue weighted by Crippen LogP contribution is 2.31. The third-order valence-corrected chi connectivity index (χ3v) is 3.13. The van der Waals surface area contributed by atoms with Crippen LogP contribution in [0.3, 0.4) is 0 Å². The predicted octanol–water partition coefficient (Wildman–Crippen LogP) is 2.02. The highest BCUT2D eigenvalue weighted by atomic mass is 35.5. The van der Waals surface area contributed by atoms with Gasteiger partial charge in [-0.25, -0.2) is 18.6 Å². The molecule has 2 aromatic rings. The van der Waals surface area contributed by atoms with Gasteiger partial charge in [-0.1, -0.05) is 23.1 Å². The van der Waals surface area contributed by atoms with Crippen molar-refractivity contribution in [2.45, 2.75) is 6.92 Å². The molecular weight excluding hydrogens is 300 g/mol. The molecule has 0 spiro atoms. The molecule has 0 atom stereocenters. The number of carboxylic acid groups (broad SMARTS) is 1. The summed E-state index contributed by atoms with van der Waals surface area (Å²) in [6, 6.07) is 2.63. The molecule has 0 radical (unpaired) electrons. The Morgan fingerprint density at radius 3 is 2.62 bits per heavy atom. The molecule has 0 aliphatic rings. The van der Waals surface area contributed by atoms with Crippen LogP contribution in [0.2, 0.25) is 5.02 Å². The summed E-state index contributed by atoms with van der Waals surface area (Å²) >= 11 is 5.47. The summed E-state index contributed by atoms with van der Waals surface area (Å²) < 4.78 is 27.5. The van der Waals surface area contributed by atoms with E-state index in [0.29, 0.717) is 5.56 Å². The van der Waals surface area contributed by atoms with E-state index in [1.54, 1.807) is 13.0 Å². The van der Waals surface area contributed by atoms with Crippen molar-refractivity contribution < 1.29 is 18.7 Å². The van der Waals surface area contributed by atoms with Gasteiger partial charge in [0.25, 0.3) is 0 Å². The van der Waals surface area contributed by atoms with Gasteiger partial charge in [0.2, 0.25) is 0 Å². The van der Waals surface area contributed by atoms with Gasteiger partial charge in [0, 0.05) is 6.20 Å². The van der Waals surface area contributed by atoms with Gasteiger partial charge < -0.3 is 10.4 Å². The minimum Gasteiger partial charge on any atom is -0.478 e. The fourth-order valence-electron chi connectivity index (χ4n) is 1.85. The summed E-state index contributed by atoms with van der Waals surface area (Å²) in [6.07, 6.45) is 1.53. The van der Waals surface area contributed by atoms with Crippen LogP contribution in [0.15, 0.2) is 18.3 Å². The van der Waals surface area contributed by atoms with Gasteiger partial charge in [0.15, 0.2) is 11.6 Å². The normalized spacial score (nSPS) is 10.5. The number of halogens is 3. The van der Waals surface area contributed by atoms with E-state index in [4.69, 9.17) is 16.7 Å². The van der Waals surface area contributed by atoms with Crippen molar-refractivity contribution >= 4 is 42.4 Å². The number of carbonyl (C=O) groups is 1. The third-order valence-electron chi connectivity index (χ3n) is 2.85. The molecule has 0 saturated carbocycles. The number of aryl methyl sites for hydroxylation is 1. The molecule has 1 heterocycles. The van der Waals surface area contributed by atoms with Gasteiger partial charge in [-0.2, -0.15) is 0 Å². The highest BCUT2D eigenvalue weighted by Gasteiger charge is 2.22. The monoisotopic (exact) mass is 310 g/mol. The SMILES string of the molecule is Bc1cnc(Nc2c(C(=O)O)cc(Cl)c(F)c2F)c(C)c1. The van der Waals surface area contributed by atoms with E-state index in [1.165, 1.54) is 6.20 Å². The van der Waals surface area contributed by atoms with Crippen molar-refractivity contribution in [2.24, 2.45) is 0 Å². The van der Waals surface area contributed by atoms with Gasteiger partial charge in [-0.15, -0.1) is 0 Å². The van der Waals surface area contributed by atoms with Crippen LogP contribution in [0.1, 0.15) is 15.9 Å². The number of hydrogen-bond acceptors (Lipinski definition) is 3. The van der Waals surface area contributed by atoms with Crippen LogP contribution >= 0.6 is 11.6 Å². The molecule has 108 valence electrons. The van der Waals surface area contributed by atoms with Crippen molar-refractivity contribution in [1.29, 1.82) is 0 Å². The number of hydrogen-bond donors (Lipinski definition) is 2. The van der Waals surface area contributed by atoms with Gasteiger partial charge >= 0.3 is 5.97 Å². The molecule has 0 unspecified atom stereocenters. The van der Waals surface area contributed by atoms with Crippen LogP contribution in [0.4, 0.5) is 20.3 Å². The Hall–Kier alpha value is -2.15. The van der Waals surface area contributed by atoms with Crippen LogP contribution < -0.4 is 10.8 Å². The van der Waals surface area contributed by atoms with Crippen LogP contribution in [0, 0.1) is 18.6 Å². The number of rotatable bonds is 3. The fraction of sp³-hybridized carbons (Fsp3) is 0.0769. The first-order valence-electron chi connectivity index (χ1n) is 5.92. The van der Waals surface area contributed by atoms with Gasteiger partial charge in [-0.05, 0) is 18.6 Å². The molecule has 8 heteroatoms. The van der Waals surface area contributed by atoms with E-state index in [2.05, 4.69) is 10.3 Å². The van der Waals surface area contributed by atoms with E-state index in [0.717, 1.165) is 11.5 Å². The molecule has 0 bridgehead atoms. The number of carboxylic acids is 1. The lowest BCUT2D eigenvalue weighted by molar-refractivity contribution is 0.0697. The Kier molecular flexibility index (Phi) is 4.13. The zero-order chi connectivity index (χ0) is 15.7. The molecule has 0 saturated heterocycles. The number of benzene rings is 1. The van der Waals surface area contributed by atoms with Gasteiger partial charge in [0.1, 0.15) is 13.7 Å². The van der Waals surface area contributed by atoms with E-state index in [-0.39, 0.29) is 5.82 Å². The second-order valence-electron chi connectivity index (χ2n) is 4.52. The highest BCUT2D eigenvalue weighted by molar-refractivity contribution is 6.32. The average Bonchev–Trinajstić information content (AvgIpc) is 2.41. The molecule has 1 aromatic carbocycles. The van der Waals surface area contributed by atoms with Crippen molar-refractivity contribution in [1.82, 2.24) is 4.98 Å². The van der Waals surface area contributed by atoms with Crippen LogP contribution in [-0.2, 0) is 0 Å². The number of nitrogens with one attached hydrogen (secondary N) is 1. The first kappa shape index (κ1) is 15.2. The predicted molar refractivity (Wildman–Crippen MR) is 78.8 cm³/mol. The minimum atomic E-state index is -1.43. The molecule has 21 heavy (non-hydrogen) atoms. The van der Waals surface area contributed by atoms with E-state index in [9.17, 15) is 13.6 Å². The molecule has 1 aromatic heterocycles. The first-order valence-corrected chi connectivity index (χ1v) is 6.30. The molecular formula is C13H10BClF2N2O2. The summed E-state index contributed by atoms with van der Waals surface area (Å²) in [7, 11) is 1.83. The number of nitrogens with zero attached hydrogens (tertiary/aromatic N) is 1. The Balaban J connectivity index is 2.57. The number of pyridine rings is 1. The summed E-state index contributed by atoms with van der Waals surface area (Å²) in [5.74, 6) is -3.86. The summed E-state index contributed by atoms with van der Waals surface area (Å²) in [5.41, 5.74) is 0.574. The lowest BCUT2D eigenvalue weighted by atomic mass is 9.97. The zero-order valence-corrected chi connectivity index (χ0v) is 11.9. The third kappa shape index (κ3) is 2.97. The van der Waals surface area contributed by atoms with Gasteiger partial charge in [-0.3, -0.25) is 0 Å². The summed E-state index contributed by atoms with van der Waals surface area (Å²) in [5, 5.41) is 11.0. The zero-order valence-electron chi connectivity index (χ0n) is 11.2. The second-order valence-corrected chi connectivity index (χ2v) is 4.92. The van der Waals surface area contributed by atoms with E-state index in [1.807, 2.05) is 7.85 Å². The van der Waals surface area contributed by atoms with Crippen LogP contribution in [-0.4, -0.2) is 23.9 Å². The Morgan fingerprint density at radius 1 is 1.38 bits per heavy atom. The number of aromatic carboxylic acids is 1. The lowest BCUT2D eigenvalue weighted by Gasteiger charge is -2.13. The molecule has 4 nitrogen and oxygen atoms in total. The Labute approximate surface area is 125 Å².